The second-order valence-electron chi connectivity index (χ2n) is 7.98. The second-order valence-corrected chi connectivity index (χ2v) is 7.98. The van der Waals surface area contributed by atoms with Crippen molar-refractivity contribution < 1.29 is 13.6 Å². The van der Waals surface area contributed by atoms with E-state index in [4.69, 9.17) is 5.10 Å². The van der Waals surface area contributed by atoms with Crippen molar-refractivity contribution in [3.8, 4) is 5.82 Å². The van der Waals surface area contributed by atoms with Gasteiger partial charge in [-0.3, -0.25) is 4.79 Å². The van der Waals surface area contributed by atoms with Gasteiger partial charge in [0.15, 0.2) is 11.6 Å². The fourth-order valence-corrected chi connectivity index (χ4v) is 3.69. The van der Waals surface area contributed by atoms with Gasteiger partial charge in [-0.25, -0.2) is 19.6 Å². The van der Waals surface area contributed by atoms with Crippen LogP contribution >= 0.6 is 0 Å². The molecule has 1 N–H and O–H groups in total. The van der Waals surface area contributed by atoms with Crippen LogP contribution in [0.1, 0.15) is 26.1 Å². The molecule has 0 spiro atoms. The molecule has 31 heavy (non-hydrogen) atoms. The van der Waals surface area contributed by atoms with Gasteiger partial charge in [-0.1, -0.05) is 0 Å². The topological polar surface area (TPSA) is 92.1 Å². The summed E-state index contributed by atoms with van der Waals surface area (Å²) in [5.74, 6) is -2.77. The molecule has 0 saturated carbocycles. The average Bonchev–Trinajstić information content (AvgIpc) is 3.31. The highest BCUT2D eigenvalue weighted by atomic mass is 19.3. The third kappa shape index (κ3) is 4.18. The average molecular weight is 430 g/mol. The molecule has 164 valence electrons. The minimum absolute atomic E-state index is 0.214. The third-order valence-electron chi connectivity index (χ3n) is 5.29. The fraction of sp³-hybridized carbons (Fsp3) is 0.450. The van der Waals surface area contributed by atoms with Gasteiger partial charge in [0.2, 0.25) is 11.7 Å². The Morgan fingerprint density at radius 3 is 2.74 bits per heavy atom. The molecule has 1 amide bonds. The fourth-order valence-electron chi connectivity index (χ4n) is 3.69. The van der Waals surface area contributed by atoms with Crippen LogP contribution in [0.4, 0.5) is 20.4 Å². The number of amides is 1. The SMILES string of the molecule is CC(=O)Nc1cc2c(cn1)c(N1CCC(N(C)C)C1)nn2-c1ccnc(C(C)(F)F)n1. The Morgan fingerprint density at radius 2 is 2.10 bits per heavy atom. The van der Waals surface area contributed by atoms with Crippen LogP contribution in [0.25, 0.3) is 16.7 Å². The van der Waals surface area contributed by atoms with E-state index < -0.39 is 11.7 Å². The summed E-state index contributed by atoms with van der Waals surface area (Å²) < 4.78 is 29.1. The number of rotatable bonds is 5. The maximum Gasteiger partial charge on any atom is 0.303 e. The first-order valence-corrected chi connectivity index (χ1v) is 9.93. The van der Waals surface area contributed by atoms with E-state index in [9.17, 15) is 13.6 Å². The molecule has 1 aliphatic heterocycles. The summed E-state index contributed by atoms with van der Waals surface area (Å²) in [5, 5.41) is 8.11. The largest absolute Gasteiger partial charge is 0.353 e. The normalized spacial score (nSPS) is 17.0. The maximum atomic E-state index is 13.8. The number of aromatic nitrogens is 5. The monoisotopic (exact) mass is 430 g/mol. The molecule has 0 aliphatic carbocycles. The smallest absolute Gasteiger partial charge is 0.303 e. The van der Waals surface area contributed by atoms with Crippen LogP contribution in [0.15, 0.2) is 24.5 Å². The van der Waals surface area contributed by atoms with Crippen LogP contribution in [-0.2, 0) is 10.7 Å². The van der Waals surface area contributed by atoms with Gasteiger partial charge in [0, 0.05) is 57.5 Å². The quantitative estimate of drug-likeness (QED) is 0.665. The van der Waals surface area contributed by atoms with Gasteiger partial charge in [0.1, 0.15) is 5.82 Å². The van der Waals surface area contributed by atoms with Gasteiger partial charge in [-0.15, -0.1) is 5.10 Å². The van der Waals surface area contributed by atoms with Gasteiger partial charge in [0.25, 0.3) is 0 Å². The van der Waals surface area contributed by atoms with Gasteiger partial charge < -0.3 is 15.1 Å². The number of alkyl halides is 2. The van der Waals surface area contributed by atoms with E-state index in [0.29, 0.717) is 23.2 Å². The van der Waals surface area contributed by atoms with E-state index in [2.05, 4.69) is 30.1 Å². The summed E-state index contributed by atoms with van der Waals surface area (Å²) in [7, 11) is 4.08. The Labute approximate surface area is 178 Å². The number of hydrogen-bond acceptors (Lipinski definition) is 7. The highest BCUT2D eigenvalue weighted by Gasteiger charge is 2.30. The maximum absolute atomic E-state index is 13.8. The first-order chi connectivity index (χ1) is 14.6. The molecule has 3 aromatic rings. The summed E-state index contributed by atoms with van der Waals surface area (Å²) in [6, 6.07) is 3.58. The van der Waals surface area contributed by atoms with Crippen LogP contribution < -0.4 is 10.2 Å². The summed E-state index contributed by atoms with van der Waals surface area (Å²) in [6.45, 7) is 3.74. The second kappa shape index (κ2) is 7.80. The van der Waals surface area contributed by atoms with Crippen molar-refractivity contribution in [1.29, 1.82) is 0 Å². The molecule has 0 aromatic carbocycles. The van der Waals surface area contributed by atoms with Gasteiger partial charge in [-0.2, -0.15) is 8.78 Å². The number of pyridine rings is 1. The first kappa shape index (κ1) is 21.0. The van der Waals surface area contributed by atoms with Crippen LogP contribution in [-0.4, -0.2) is 68.8 Å². The zero-order valence-corrected chi connectivity index (χ0v) is 17.8. The van der Waals surface area contributed by atoms with E-state index in [0.717, 1.165) is 31.8 Å². The Hall–Kier alpha value is -3.21. The van der Waals surface area contributed by atoms with Crippen molar-refractivity contribution in [2.75, 3.05) is 37.4 Å². The van der Waals surface area contributed by atoms with Gasteiger partial charge in [-0.05, 0) is 20.5 Å². The van der Waals surface area contributed by atoms with Crippen LogP contribution in [0, 0.1) is 0 Å². The number of anilines is 2. The number of halogens is 2. The van der Waals surface area contributed by atoms with Crippen molar-refractivity contribution >= 4 is 28.4 Å². The number of nitrogens with one attached hydrogen (secondary N) is 1. The van der Waals surface area contributed by atoms with E-state index in [1.807, 2.05) is 14.1 Å². The van der Waals surface area contributed by atoms with Crippen LogP contribution in [0.3, 0.4) is 0 Å². The predicted molar refractivity (Wildman–Crippen MR) is 113 cm³/mol. The van der Waals surface area contributed by atoms with E-state index in [-0.39, 0.29) is 11.7 Å². The van der Waals surface area contributed by atoms with Gasteiger partial charge >= 0.3 is 5.92 Å². The van der Waals surface area contributed by atoms with Crippen molar-refractivity contribution in [3.05, 3.63) is 30.4 Å². The molecule has 0 radical (unpaired) electrons. The third-order valence-corrected chi connectivity index (χ3v) is 5.29. The number of fused-ring (bicyclic) bond motifs is 1. The molecule has 3 aromatic heterocycles. The number of nitrogens with zero attached hydrogens (tertiary/aromatic N) is 7. The first-order valence-electron chi connectivity index (χ1n) is 9.93. The van der Waals surface area contributed by atoms with Crippen LogP contribution in [0.5, 0.6) is 0 Å². The summed E-state index contributed by atoms with van der Waals surface area (Å²) >= 11 is 0. The highest BCUT2D eigenvalue weighted by molar-refractivity contribution is 5.95. The molecular weight excluding hydrogens is 406 g/mol. The molecule has 1 unspecified atom stereocenters. The summed E-state index contributed by atoms with van der Waals surface area (Å²) in [6.07, 6.45) is 3.91. The number of carbonyl (C=O) groups excluding carboxylic acids is 1. The number of likely N-dealkylation sites (N-methyl/N-ethyl adjacent to an activating group) is 1. The molecule has 9 nitrogen and oxygen atoms in total. The Kier molecular flexibility index (Phi) is 5.29. The van der Waals surface area contributed by atoms with E-state index in [1.165, 1.54) is 23.9 Å². The standard InChI is InChI=1S/C20H24F2N8O/c1-12(31)25-16-9-15-14(10-24-16)18(29-8-6-13(11-29)28(3)4)27-30(15)17-5-7-23-19(26-17)20(2,21)22/h5,7,9-10,13H,6,8,11H2,1-4H3,(H,24,25,31). The molecule has 1 saturated heterocycles. The molecule has 1 aliphatic rings. The molecule has 4 heterocycles. The van der Waals surface area contributed by atoms with Crippen molar-refractivity contribution in [2.24, 2.45) is 0 Å². The minimum atomic E-state index is -3.18. The Bertz CT molecular complexity index is 1120. The molecule has 1 fully saturated rings. The lowest BCUT2D eigenvalue weighted by molar-refractivity contribution is -0.114. The molecule has 0 bridgehead atoms. The number of carbonyl (C=O) groups is 1. The van der Waals surface area contributed by atoms with Crippen molar-refractivity contribution in [1.82, 2.24) is 29.6 Å². The van der Waals surface area contributed by atoms with E-state index >= 15 is 0 Å². The van der Waals surface area contributed by atoms with Gasteiger partial charge in [0.05, 0.1) is 10.9 Å². The van der Waals surface area contributed by atoms with Crippen molar-refractivity contribution in [2.45, 2.75) is 32.2 Å². The summed E-state index contributed by atoms with van der Waals surface area (Å²) in [5.41, 5.74) is 0.603. The Balaban J connectivity index is 1.85. The zero-order valence-electron chi connectivity index (χ0n) is 17.8. The lowest BCUT2D eigenvalue weighted by atomic mass is 10.2. The highest BCUT2D eigenvalue weighted by Crippen LogP contribution is 2.32. The van der Waals surface area contributed by atoms with E-state index in [1.54, 1.807) is 12.3 Å². The van der Waals surface area contributed by atoms with Crippen LogP contribution in [0.2, 0.25) is 0 Å². The minimum Gasteiger partial charge on any atom is -0.353 e. The lowest BCUT2D eigenvalue weighted by Crippen LogP contribution is -2.31. The predicted octanol–water partition coefficient (Wildman–Crippen LogP) is 2.42. The van der Waals surface area contributed by atoms with Crippen molar-refractivity contribution in [3.63, 3.8) is 0 Å². The molecule has 1 atom stereocenters. The number of hydrogen-bond donors (Lipinski definition) is 1. The summed E-state index contributed by atoms with van der Waals surface area (Å²) in [4.78, 5) is 27.9. The molecular formula is C20H24F2N8O. The lowest BCUT2D eigenvalue weighted by Gasteiger charge is -2.20. The zero-order chi connectivity index (χ0) is 22.3. The molecule has 4 rings (SSSR count). The Morgan fingerprint density at radius 1 is 1.32 bits per heavy atom. The molecule has 11 heteroatoms.